The number of hydrogen-bond acceptors (Lipinski definition) is 3. The van der Waals surface area contributed by atoms with Crippen LogP contribution in [-0.4, -0.2) is 21.0 Å². The molecule has 0 radical (unpaired) electrons. The maximum Gasteiger partial charge on any atom is 0.315 e. The van der Waals surface area contributed by atoms with Crippen molar-refractivity contribution in [1.29, 1.82) is 0 Å². The monoisotopic (exact) mass is 367 g/mol. The lowest BCUT2D eigenvalue weighted by atomic mass is 10.1. The van der Waals surface area contributed by atoms with Gasteiger partial charge in [-0.25, -0.2) is 18.4 Å². The highest BCUT2D eigenvalue weighted by Gasteiger charge is 2.07. The zero-order valence-electron chi connectivity index (χ0n) is 12.8. The smallest absolute Gasteiger partial charge is 0.315 e. The first-order chi connectivity index (χ1) is 11.4. The first-order valence-electron chi connectivity index (χ1n) is 7.23. The van der Waals surface area contributed by atoms with Crippen LogP contribution in [0.25, 0.3) is 0 Å². The Morgan fingerprint density at radius 2 is 1.71 bits per heavy atom. The summed E-state index contributed by atoms with van der Waals surface area (Å²) < 4.78 is 22.3. The van der Waals surface area contributed by atoms with Crippen LogP contribution < -0.4 is 15.8 Å². The van der Waals surface area contributed by atoms with E-state index in [1.807, 2.05) is 24.3 Å². The number of carbonyl (C=O) groups excluding carboxylic acids is 1. The van der Waals surface area contributed by atoms with Gasteiger partial charge in [-0.3, -0.25) is 0 Å². The second-order valence-electron chi connectivity index (χ2n) is 5.14. The van der Waals surface area contributed by atoms with Gasteiger partial charge < -0.3 is 10.6 Å². The first kappa shape index (κ1) is 18.3. The van der Waals surface area contributed by atoms with Gasteiger partial charge in [0.05, 0.1) is 4.90 Å². The summed E-state index contributed by atoms with van der Waals surface area (Å²) in [7, 11) is -3.70. The molecule has 2 rings (SSSR count). The summed E-state index contributed by atoms with van der Waals surface area (Å²) in [5, 5.41) is 11.1. The van der Waals surface area contributed by atoms with E-state index >= 15 is 0 Å². The molecule has 0 atom stereocenters. The largest absolute Gasteiger partial charge is 0.338 e. The molecular weight excluding hydrogens is 350 g/mol. The van der Waals surface area contributed by atoms with Crippen molar-refractivity contribution >= 4 is 27.7 Å². The molecule has 6 nitrogen and oxygen atoms in total. The SMILES string of the molecule is NS(=O)(=O)c1ccc(CNC(=O)NCCc2ccccc2Cl)cc1. The number of amides is 2. The summed E-state index contributed by atoms with van der Waals surface area (Å²) in [6.07, 6.45) is 0.635. The van der Waals surface area contributed by atoms with E-state index in [4.69, 9.17) is 16.7 Å². The summed E-state index contributed by atoms with van der Waals surface area (Å²) >= 11 is 6.05. The number of nitrogens with two attached hydrogens (primary N) is 1. The highest BCUT2D eigenvalue weighted by molar-refractivity contribution is 7.89. The number of hydrogen-bond donors (Lipinski definition) is 3. The van der Waals surface area contributed by atoms with E-state index in [9.17, 15) is 13.2 Å². The summed E-state index contributed by atoms with van der Waals surface area (Å²) in [6, 6.07) is 13.2. The minimum Gasteiger partial charge on any atom is -0.338 e. The van der Waals surface area contributed by atoms with Crippen LogP contribution in [0.1, 0.15) is 11.1 Å². The molecule has 0 fully saturated rings. The zero-order chi connectivity index (χ0) is 17.6. The molecule has 0 unspecified atom stereocenters. The van der Waals surface area contributed by atoms with Crippen LogP contribution in [-0.2, 0) is 23.0 Å². The number of nitrogens with one attached hydrogen (secondary N) is 2. The lowest BCUT2D eigenvalue weighted by molar-refractivity contribution is 0.240. The molecule has 0 aliphatic rings. The van der Waals surface area contributed by atoms with Crippen molar-refractivity contribution < 1.29 is 13.2 Å². The lowest BCUT2D eigenvalue weighted by Crippen LogP contribution is -2.36. The molecule has 0 saturated carbocycles. The van der Waals surface area contributed by atoms with Gasteiger partial charge in [-0.15, -0.1) is 0 Å². The second-order valence-corrected chi connectivity index (χ2v) is 7.11. The average Bonchev–Trinajstić information content (AvgIpc) is 2.54. The number of halogens is 1. The van der Waals surface area contributed by atoms with Gasteiger partial charge in [0.2, 0.25) is 10.0 Å². The fourth-order valence-electron chi connectivity index (χ4n) is 2.05. The van der Waals surface area contributed by atoms with Crippen molar-refractivity contribution in [2.45, 2.75) is 17.9 Å². The molecule has 2 aromatic rings. The van der Waals surface area contributed by atoms with Gasteiger partial charge in [-0.05, 0) is 35.7 Å². The summed E-state index contributed by atoms with van der Waals surface area (Å²) in [6.45, 7) is 0.739. The molecule has 0 aromatic heterocycles. The molecule has 0 aliphatic heterocycles. The number of urea groups is 1. The topological polar surface area (TPSA) is 101 Å². The minimum absolute atomic E-state index is 0.0374. The van der Waals surface area contributed by atoms with Crippen LogP contribution in [0.5, 0.6) is 0 Å². The number of benzene rings is 2. The van der Waals surface area contributed by atoms with E-state index in [1.54, 1.807) is 12.1 Å². The van der Waals surface area contributed by atoms with Gasteiger partial charge in [0.25, 0.3) is 0 Å². The third-order valence-electron chi connectivity index (χ3n) is 3.34. The third kappa shape index (κ3) is 5.52. The van der Waals surface area contributed by atoms with E-state index in [0.29, 0.717) is 18.0 Å². The van der Waals surface area contributed by atoms with E-state index in [1.165, 1.54) is 12.1 Å². The van der Waals surface area contributed by atoms with Crippen molar-refractivity contribution in [3.05, 3.63) is 64.7 Å². The lowest BCUT2D eigenvalue weighted by Gasteiger charge is -2.09. The molecule has 24 heavy (non-hydrogen) atoms. The Labute approximate surface area is 146 Å². The van der Waals surface area contributed by atoms with Crippen molar-refractivity contribution in [1.82, 2.24) is 10.6 Å². The highest BCUT2D eigenvalue weighted by atomic mass is 35.5. The van der Waals surface area contributed by atoms with Crippen molar-refractivity contribution in [2.75, 3.05) is 6.54 Å². The molecule has 2 amide bonds. The van der Waals surface area contributed by atoms with Gasteiger partial charge in [0.1, 0.15) is 0 Å². The second kappa shape index (κ2) is 8.14. The van der Waals surface area contributed by atoms with Crippen LogP contribution in [0.3, 0.4) is 0 Å². The minimum atomic E-state index is -3.70. The Hall–Kier alpha value is -2.09. The Kier molecular flexibility index (Phi) is 6.19. The Morgan fingerprint density at radius 1 is 1.04 bits per heavy atom. The van der Waals surface area contributed by atoms with Crippen molar-refractivity contribution in [3.8, 4) is 0 Å². The van der Waals surface area contributed by atoms with E-state index < -0.39 is 10.0 Å². The zero-order valence-corrected chi connectivity index (χ0v) is 14.4. The average molecular weight is 368 g/mol. The first-order valence-corrected chi connectivity index (χ1v) is 9.15. The third-order valence-corrected chi connectivity index (χ3v) is 4.64. The van der Waals surface area contributed by atoms with Crippen LogP contribution >= 0.6 is 11.6 Å². The molecule has 0 saturated heterocycles. The van der Waals surface area contributed by atoms with Gasteiger partial charge in [0.15, 0.2) is 0 Å². The molecule has 128 valence electrons. The van der Waals surface area contributed by atoms with E-state index in [-0.39, 0.29) is 17.5 Å². The summed E-state index contributed by atoms with van der Waals surface area (Å²) in [5.41, 5.74) is 1.74. The molecule has 0 heterocycles. The Balaban J connectivity index is 1.76. The van der Waals surface area contributed by atoms with Crippen LogP contribution in [0.4, 0.5) is 4.79 Å². The number of primary sulfonamides is 1. The molecule has 8 heteroatoms. The molecule has 2 aromatic carbocycles. The van der Waals surface area contributed by atoms with E-state index in [2.05, 4.69) is 10.6 Å². The fourth-order valence-corrected chi connectivity index (χ4v) is 2.80. The predicted octanol–water partition coefficient (Wildman–Crippen LogP) is 2.03. The predicted molar refractivity (Wildman–Crippen MR) is 93.2 cm³/mol. The molecule has 0 spiro atoms. The van der Waals surface area contributed by atoms with Crippen LogP contribution in [0.15, 0.2) is 53.4 Å². The molecule has 0 bridgehead atoms. The van der Waals surface area contributed by atoms with Gasteiger partial charge >= 0.3 is 6.03 Å². The summed E-state index contributed by atoms with van der Waals surface area (Å²) in [4.78, 5) is 11.8. The number of carbonyl (C=O) groups is 1. The standard InChI is InChI=1S/C16H18ClN3O3S/c17-15-4-2-1-3-13(15)9-10-19-16(21)20-11-12-5-7-14(8-6-12)24(18,22)23/h1-8H,9-11H2,(H2,18,22,23)(H2,19,20,21). The Bertz CT molecular complexity index is 808. The van der Waals surface area contributed by atoms with Gasteiger partial charge in [-0.1, -0.05) is 41.9 Å². The molecule has 4 N–H and O–H groups in total. The number of rotatable bonds is 6. The van der Waals surface area contributed by atoms with Crippen LogP contribution in [0.2, 0.25) is 5.02 Å². The number of sulfonamides is 1. The maximum absolute atomic E-state index is 11.7. The van der Waals surface area contributed by atoms with Crippen LogP contribution in [0, 0.1) is 0 Å². The maximum atomic E-state index is 11.7. The van der Waals surface area contributed by atoms with Crippen molar-refractivity contribution in [2.24, 2.45) is 5.14 Å². The Morgan fingerprint density at radius 3 is 2.33 bits per heavy atom. The van der Waals surface area contributed by atoms with Crippen molar-refractivity contribution in [3.63, 3.8) is 0 Å². The fraction of sp³-hybridized carbons (Fsp3) is 0.188. The van der Waals surface area contributed by atoms with Gasteiger partial charge in [0, 0.05) is 18.1 Å². The summed E-state index contributed by atoms with van der Waals surface area (Å²) in [5.74, 6) is 0. The highest BCUT2D eigenvalue weighted by Crippen LogP contribution is 2.14. The quantitative estimate of drug-likeness (QED) is 0.728. The van der Waals surface area contributed by atoms with E-state index in [0.717, 1.165) is 11.1 Å². The normalized spacial score (nSPS) is 11.1. The van der Waals surface area contributed by atoms with Gasteiger partial charge in [-0.2, -0.15) is 0 Å². The molecule has 0 aliphatic carbocycles. The molecular formula is C16H18ClN3O3S.